The quantitative estimate of drug-likeness (QED) is 0.734. The van der Waals surface area contributed by atoms with E-state index in [-0.39, 0.29) is 0 Å². The Balaban J connectivity index is 1.96. The Morgan fingerprint density at radius 1 is 1.29 bits per heavy atom. The average molecular weight is 232 g/mol. The zero-order chi connectivity index (χ0) is 11.8. The van der Waals surface area contributed by atoms with Gasteiger partial charge in [0.2, 0.25) is 0 Å². The lowest BCUT2D eigenvalue weighted by Gasteiger charge is -2.25. The van der Waals surface area contributed by atoms with Gasteiger partial charge in [0.05, 0.1) is 7.11 Å². The molecule has 1 unspecified atom stereocenters. The summed E-state index contributed by atoms with van der Waals surface area (Å²) in [5.41, 5.74) is 2.79. The number of anilines is 1. The minimum Gasteiger partial charge on any atom is -0.496 e. The number of nitrogens with zero attached hydrogens (tertiary/aromatic N) is 2. The Labute approximate surface area is 103 Å². The number of rotatable bonds is 1. The second kappa shape index (κ2) is 4.22. The minimum absolute atomic E-state index is 0.633. The molecule has 1 aromatic rings. The third-order valence-corrected chi connectivity index (χ3v) is 3.98. The van der Waals surface area contributed by atoms with Crippen LogP contribution in [0.4, 0.5) is 5.69 Å². The maximum Gasteiger partial charge on any atom is 0.124 e. The lowest BCUT2D eigenvalue weighted by Crippen LogP contribution is -2.37. The van der Waals surface area contributed by atoms with Gasteiger partial charge in [0, 0.05) is 30.4 Å². The highest BCUT2D eigenvalue weighted by atomic mass is 16.5. The minimum atomic E-state index is 0.633. The fourth-order valence-electron chi connectivity index (χ4n) is 3.19. The summed E-state index contributed by atoms with van der Waals surface area (Å²) < 4.78 is 5.48. The fraction of sp³-hybridized carbons (Fsp3) is 0.571. The summed E-state index contributed by atoms with van der Waals surface area (Å²) in [5, 5.41) is 0. The number of ether oxygens (including phenoxy) is 1. The second-order valence-corrected chi connectivity index (χ2v) is 5.13. The van der Waals surface area contributed by atoms with E-state index in [1.54, 1.807) is 7.11 Å². The van der Waals surface area contributed by atoms with E-state index in [1.165, 1.54) is 30.8 Å². The van der Waals surface area contributed by atoms with Crippen molar-refractivity contribution in [1.82, 2.24) is 4.90 Å². The molecule has 2 aliphatic rings. The molecule has 92 valence electrons. The van der Waals surface area contributed by atoms with E-state index in [9.17, 15) is 0 Å². The Kier molecular flexibility index (Phi) is 2.71. The van der Waals surface area contributed by atoms with Crippen molar-refractivity contribution in [3.8, 4) is 5.75 Å². The molecule has 0 saturated carbocycles. The summed E-state index contributed by atoms with van der Waals surface area (Å²) >= 11 is 0. The first-order valence-corrected chi connectivity index (χ1v) is 6.40. The number of hydrogen-bond acceptors (Lipinski definition) is 3. The van der Waals surface area contributed by atoms with Crippen LogP contribution in [-0.4, -0.2) is 44.7 Å². The van der Waals surface area contributed by atoms with Gasteiger partial charge in [0.15, 0.2) is 0 Å². The van der Waals surface area contributed by atoms with Crippen molar-refractivity contribution >= 4 is 5.69 Å². The smallest absolute Gasteiger partial charge is 0.124 e. The summed E-state index contributed by atoms with van der Waals surface area (Å²) in [6.07, 6.45) is 2.38. The molecule has 0 spiro atoms. The van der Waals surface area contributed by atoms with Crippen molar-refractivity contribution in [2.75, 3.05) is 38.7 Å². The fourth-order valence-corrected chi connectivity index (χ4v) is 3.19. The van der Waals surface area contributed by atoms with E-state index in [0.29, 0.717) is 6.04 Å². The van der Waals surface area contributed by atoms with Crippen LogP contribution >= 0.6 is 0 Å². The van der Waals surface area contributed by atoms with Crippen LogP contribution in [0, 0.1) is 0 Å². The first-order valence-electron chi connectivity index (χ1n) is 6.40. The predicted octanol–water partition coefficient (Wildman–Crippen LogP) is 1.76. The van der Waals surface area contributed by atoms with E-state index in [1.807, 2.05) is 0 Å². The van der Waals surface area contributed by atoms with E-state index >= 15 is 0 Å². The molecule has 1 fully saturated rings. The summed E-state index contributed by atoms with van der Waals surface area (Å²) in [5.74, 6) is 1.05. The molecule has 3 heteroatoms. The van der Waals surface area contributed by atoms with E-state index in [0.717, 1.165) is 18.7 Å². The highest BCUT2D eigenvalue weighted by molar-refractivity contribution is 5.64. The lowest BCUT2D eigenvalue weighted by atomic mass is 10.1. The van der Waals surface area contributed by atoms with Gasteiger partial charge in [-0.1, -0.05) is 6.07 Å². The zero-order valence-electron chi connectivity index (χ0n) is 10.6. The Morgan fingerprint density at radius 2 is 2.18 bits per heavy atom. The first-order chi connectivity index (χ1) is 8.29. The molecule has 0 radical (unpaired) electrons. The average Bonchev–Trinajstić information content (AvgIpc) is 2.56. The van der Waals surface area contributed by atoms with E-state index in [2.05, 4.69) is 35.0 Å². The number of methoxy groups -OCH3 is 1. The molecule has 3 nitrogen and oxygen atoms in total. The third kappa shape index (κ3) is 1.78. The molecule has 2 aliphatic heterocycles. The van der Waals surface area contributed by atoms with Crippen molar-refractivity contribution in [3.63, 3.8) is 0 Å². The summed E-state index contributed by atoms with van der Waals surface area (Å²) in [7, 11) is 4.00. The summed E-state index contributed by atoms with van der Waals surface area (Å²) in [4.78, 5) is 5.02. The molecular formula is C14H20N2O. The van der Waals surface area contributed by atoms with Gasteiger partial charge in [0.25, 0.3) is 0 Å². The van der Waals surface area contributed by atoms with Gasteiger partial charge in [-0.2, -0.15) is 0 Å². The Hall–Kier alpha value is -1.22. The van der Waals surface area contributed by atoms with Gasteiger partial charge >= 0.3 is 0 Å². The molecule has 0 N–H and O–H groups in total. The zero-order valence-corrected chi connectivity index (χ0v) is 10.6. The van der Waals surface area contributed by atoms with Gasteiger partial charge < -0.3 is 14.5 Å². The maximum absolute atomic E-state index is 5.48. The predicted molar refractivity (Wildman–Crippen MR) is 69.9 cm³/mol. The van der Waals surface area contributed by atoms with Gasteiger partial charge in [-0.3, -0.25) is 0 Å². The molecule has 0 bridgehead atoms. The van der Waals surface area contributed by atoms with Crippen LogP contribution in [0.3, 0.4) is 0 Å². The van der Waals surface area contributed by atoms with Crippen LogP contribution in [0.2, 0.25) is 0 Å². The molecule has 1 saturated heterocycles. The van der Waals surface area contributed by atoms with Crippen LogP contribution in [0.25, 0.3) is 0 Å². The molecule has 1 aromatic carbocycles. The molecule has 1 atom stereocenters. The lowest BCUT2D eigenvalue weighted by molar-refractivity contribution is 0.332. The Morgan fingerprint density at radius 3 is 3.00 bits per heavy atom. The number of hydrogen-bond donors (Lipinski definition) is 0. The maximum atomic E-state index is 5.48. The van der Waals surface area contributed by atoms with Crippen LogP contribution in [0.1, 0.15) is 12.0 Å². The highest BCUT2D eigenvalue weighted by Gasteiger charge is 2.33. The molecular weight excluding hydrogens is 212 g/mol. The van der Waals surface area contributed by atoms with Crippen molar-refractivity contribution in [3.05, 3.63) is 23.8 Å². The van der Waals surface area contributed by atoms with Gasteiger partial charge in [0.1, 0.15) is 5.75 Å². The molecule has 3 rings (SSSR count). The van der Waals surface area contributed by atoms with Crippen LogP contribution < -0.4 is 9.64 Å². The standard InChI is InChI=1S/C14H20N2O/c1-15-7-4-8-16-11(10-15)9-12-13(16)5-3-6-14(12)17-2/h3,5-6,11H,4,7-10H2,1-2H3. The SMILES string of the molecule is COc1cccc2c1CC1CN(C)CCCN21. The number of fused-ring (bicyclic) bond motifs is 3. The topological polar surface area (TPSA) is 15.7 Å². The first kappa shape index (κ1) is 10.9. The molecule has 0 aromatic heterocycles. The van der Waals surface area contributed by atoms with Crippen LogP contribution in [-0.2, 0) is 6.42 Å². The largest absolute Gasteiger partial charge is 0.496 e. The van der Waals surface area contributed by atoms with Crippen molar-refractivity contribution in [2.45, 2.75) is 18.9 Å². The molecule has 0 aliphatic carbocycles. The van der Waals surface area contributed by atoms with E-state index in [4.69, 9.17) is 4.74 Å². The van der Waals surface area contributed by atoms with Gasteiger partial charge in [-0.15, -0.1) is 0 Å². The van der Waals surface area contributed by atoms with Crippen LogP contribution in [0.5, 0.6) is 5.75 Å². The second-order valence-electron chi connectivity index (χ2n) is 5.13. The molecule has 0 amide bonds. The van der Waals surface area contributed by atoms with Crippen molar-refractivity contribution in [2.24, 2.45) is 0 Å². The van der Waals surface area contributed by atoms with Crippen molar-refractivity contribution < 1.29 is 4.74 Å². The third-order valence-electron chi connectivity index (χ3n) is 3.98. The van der Waals surface area contributed by atoms with Crippen molar-refractivity contribution in [1.29, 1.82) is 0 Å². The van der Waals surface area contributed by atoms with Crippen LogP contribution in [0.15, 0.2) is 18.2 Å². The monoisotopic (exact) mass is 232 g/mol. The Bertz CT molecular complexity index is 419. The summed E-state index contributed by atoms with van der Waals surface area (Å²) in [6, 6.07) is 7.06. The molecule has 17 heavy (non-hydrogen) atoms. The number of benzene rings is 1. The normalized spacial score (nSPS) is 24.1. The van der Waals surface area contributed by atoms with E-state index < -0.39 is 0 Å². The van der Waals surface area contributed by atoms with Gasteiger partial charge in [-0.05, 0) is 38.6 Å². The number of likely N-dealkylation sites (N-methyl/N-ethyl adjacent to an activating group) is 1. The van der Waals surface area contributed by atoms with Gasteiger partial charge in [-0.25, -0.2) is 0 Å². The molecule has 2 heterocycles. The highest BCUT2D eigenvalue weighted by Crippen LogP contribution is 2.38. The summed E-state index contributed by atoms with van der Waals surface area (Å²) in [6.45, 7) is 3.55.